The lowest BCUT2D eigenvalue weighted by atomic mass is 10.1. The van der Waals surface area contributed by atoms with Crippen LogP contribution in [-0.4, -0.2) is 39.2 Å². The number of nitrogens with zero attached hydrogens (tertiary/aromatic N) is 1. The van der Waals surface area contributed by atoms with Gasteiger partial charge in [0.15, 0.2) is 0 Å². The monoisotopic (exact) mass is 427 g/mol. The van der Waals surface area contributed by atoms with Gasteiger partial charge in [-0.2, -0.15) is 0 Å². The Morgan fingerprint density at radius 2 is 1.58 bits per heavy atom. The number of rotatable bonds is 13. The van der Waals surface area contributed by atoms with Gasteiger partial charge in [-0.1, -0.05) is 23.4 Å². The van der Waals surface area contributed by atoms with Crippen molar-refractivity contribution in [2.75, 3.05) is 33.5 Å². The van der Waals surface area contributed by atoms with Crippen molar-refractivity contribution in [1.29, 1.82) is 0 Å². The molecule has 0 unspecified atom stereocenters. The van der Waals surface area contributed by atoms with E-state index in [2.05, 4.69) is 5.16 Å². The highest BCUT2D eigenvalue weighted by atomic mass is 16.6. The molecule has 0 aromatic heterocycles. The van der Waals surface area contributed by atoms with Gasteiger partial charge < -0.3 is 23.8 Å². The molecule has 0 aliphatic rings. The molecule has 2 aromatic carbocycles. The minimum absolute atomic E-state index is 0.364. The fraction of sp³-hybridized carbons (Fsp3) is 0.400. The van der Waals surface area contributed by atoms with Crippen molar-refractivity contribution in [3.05, 3.63) is 59.7 Å². The SMILES string of the molecule is C/C=C/COc1cc(C)c(OCCCOc2cccc(OCC(C)=NOC)c2)c(C)c1. The summed E-state index contributed by atoms with van der Waals surface area (Å²) in [7, 11) is 1.51. The molecule has 168 valence electrons. The quantitative estimate of drug-likeness (QED) is 0.183. The Morgan fingerprint density at radius 3 is 2.26 bits per heavy atom. The maximum absolute atomic E-state index is 6.00. The van der Waals surface area contributed by atoms with Crippen LogP contribution in [0.2, 0.25) is 0 Å². The number of hydrogen-bond acceptors (Lipinski definition) is 6. The van der Waals surface area contributed by atoms with Gasteiger partial charge in [0.2, 0.25) is 0 Å². The molecule has 6 nitrogen and oxygen atoms in total. The third kappa shape index (κ3) is 8.62. The molecular formula is C25H33NO5. The Kier molecular flexibility index (Phi) is 10.3. The molecule has 2 aromatic rings. The molecule has 31 heavy (non-hydrogen) atoms. The Morgan fingerprint density at radius 1 is 0.903 bits per heavy atom. The van der Waals surface area contributed by atoms with Crippen molar-refractivity contribution in [2.45, 2.75) is 34.1 Å². The van der Waals surface area contributed by atoms with Crippen LogP contribution in [0.25, 0.3) is 0 Å². The van der Waals surface area contributed by atoms with E-state index in [0.717, 1.165) is 46.3 Å². The first-order chi connectivity index (χ1) is 15.0. The second kappa shape index (κ2) is 13.2. The lowest BCUT2D eigenvalue weighted by molar-refractivity contribution is 0.209. The second-order valence-electron chi connectivity index (χ2n) is 7.09. The summed E-state index contributed by atoms with van der Waals surface area (Å²) in [6, 6.07) is 11.6. The molecule has 0 atom stereocenters. The summed E-state index contributed by atoms with van der Waals surface area (Å²) in [4.78, 5) is 4.73. The van der Waals surface area contributed by atoms with Crippen molar-refractivity contribution in [2.24, 2.45) is 5.16 Å². The number of ether oxygens (including phenoxy) is 4. The van der Waals surface area contributed by atoms with Crippen molar-refractivity contribution in [3.8, 4) is 23.0 Å². The fourth-order valence-electron chi connectivity index (χ4n) is 2.91. The molecule has 0 bridgehead atoms. The van der Waals surface area contributed by atoms with Gasteiger partial charge in [0.25, 0.3) is 0 Å². The van der Waals surface area contributed by atoms with Crippen LogP contribution in [0.5, 0.6) is 23.0 Å². The summed E-state index contributed by atoms with van der Waals surface area (Å²) < 4.78 is 23.2. The number of allylic oxidation sites excluding steroid dienone is 1. The average molecular weight is 428 g/mol. The highest BCUT2D eigenvalue weighted by Crippen LogP contribution is 2.28. The van der Waals surface area contributed by atoms with Gasteiger partial charge in [0.1, 0.15) is 43.3 Å². The van der Waals surface area contributed by atoms with Crippen molar-refractivity contribution in [1.82, 2.24) is 0 Å². The van der Waals surface area contributed by atoms with Crippen LogP contribution >= 0.6 is 0 Å². The van der Waals surface area contributed by atoms with Crippen molar-refractivity contribution < 1.29 is 23.8 Å². The summed E-state index contributed by atoms with van der Waals surface area (Å²) in [5, 5.41) is 3.83. The van der Waals surface area contributed by atoms with Gasteiger partial charge in [-0.25, -0.2) is 0 Å². The third-order valence-electron chi connectivity index (χ3n) is 4.32. The van der Waals surface area contributed by atoms with Crippen molar-refractivity contribution in [3.63, 3.8) is 0 Å². The zero-order valence-electron chi connectivity index (χ0n) is 19.1. The van der Waals surface area contributed by atoms with Crippen LogP contribution in [0.3, 0.4) is 0 Å². The molecule has 2 rings (SSSR count). The first-order valence-electron chi connectivity index (χ1n) is 10.4. The maximum Gasteiger partial charge on any atom is 0.129 e. The summed E-state index contributed by atoms with van der Waals surface area (Å²) in [5.74, 6) is 3.24. The molecule has 0 radical (unpaired) electrons. The Hall–Kier alpha value is -3.15. The molecule has 0 amide bonds. The van der Waals surface area contributed by atoms with Crippen molar-refractivity contribution >= 4 is 5.71 Å². The lowest BCUT2D eigenvalue weighted by Crippen LogP contribution is -2.08. The van der Waals surface area contributed by atoms with Crippen LogP contribution in [-0.2, 0) is 4.84 Å². The Balaban J connectivity index is 1.77. The maximum atomic E-state index is 6.00. The number of hydrogen-bond donors (Lipinski definition) is 0. The van der Waals surface area contributed by atoms with Crippen LogP contribution in [0.15, 0.2) is 53.7 Å². The number of oxime groups is 1. The molecule has 0 aliphatic carbocycles. The molecule has 0 heterocycles. The van der Waals surface area contributed by atoms with E-state index in [0.29, 0.717) is 26.4 Å². The molecule has 0 N–H and O–H groups in total. The van der Waals surface area contributed by atoms with E-state index in [1.54, 1.807) is 0 Å². The summed E-state index contributed by atoms with van der Waals surface area (Å²) in [6.45, 7) is 9.95. The molecule has 0 spiro atoms. The van der Waals surface area contributed by atoms with Gasteiger partial charge in [-0.15, -0.1) is 0 Å². The predicted molar refractivity (Wildman–Crippen MR) is 124 cm³/mol. The summed E-state index contributed by atoms with van der Waals surface area (Å²) in [5.41, 5.74) is 2.89. The van der Waals surface area contributed by atoms with E-state index in [1.807, 2.05) is 76.2 Å². The predicted octanol–water partition coefficient (Wildman–Crippen LogP) is 5.51. The third-order valence-corrected chi connectivity index (χ3v) is 4.32. The Labute approximate surface area is 185 Å². The van der Waals surface area contributed by atoms with Crippen LogP contribution in [0.4, 0.5) is 0 Å². The van der Waals surface area contributed by atoms with E-state index in [9.17, 15) is 0 Å². The zero-order chi connectivity index (χ0) is 22.5. The largest absolute Gasteiger partial charge is 0.493 e. The van der Waals surface area contributed by atoms with Gasteiger partial charge in [-0.05, 0) is 63.1 Å². The molecule has 0 saturated carbocycles. The van der Waals surface area contributed by atoms with E-state index in [1.165, 1.54) is 7.11 Å². The summed E-state index contributed by atoms with van der Waals surface area (Å²) in [6.07, 6.45) is 4.72. The van der Waals surface area contributed by atoms with E-state index in [4.69, 9.17) is 23.8 Å². The van der Waals surface area contributed by atoms with Gasteiger partial charge in [0, 0.05) is 12.5 Å². The average Bonchev–Trinajstić information content (AvgIpc) is 2.74. The number of aryl methyl sites for hydroxylation is 2. The highest BCUT2D eigenvalue weighted by molar-refractivity contribution is 5.82. The van der Waals surface area contributed by atoms with Crippen LogP contribution < -0.4 is 18.9 Å². The van der Waals surface area contributed by atoms with Gasteiger partial charge in [0.05, 0.1) is 18.9 Å². The number of benzene rings is 2. The van der Waals surface area contributed by atoms with E-state index >= 15 is 0 Å². The van der Waals surface area contributed by atoms with Gasteiger partial charge in [-0.3, -0.25) is 0 Å². The first-order valence-corrected chi connectivity index (χ1v) is 10.4. The highest BCUT2D eigenvalue weighted by Gasteiger charge is 2.07. The fourth-order valence-corrected chi connectivity index (χ4v) is 2.91. The first kappa shape index (κ1) is 24.1. The zero-order valence-corrected chi connectivity index (χ0v) is 19.1. The molecule has 0 fully saturated rings. The molecular weight excluding hydrogens is 394 g/mol. The normalized spacial score (nSPS) is 11.5. The second-order valence-corrected chi connectivity index (χ2v) is 7.09. The summed E-state index contributed by atoms with van der Waals surface area (Å²) >= 11 is 0. The van der Waals surface area contributed by atoms with E-state index < -0.39 is 0 Å². The van der Waals surface area contributed by atoms with Gasteiger partial charge >= 0.3 is 0 Å². The van der Waals surface area contributed by atoms with E-state index in [-0.39, 0.29) is 0 Å². The standard InChI is InChI=1S/C25H33NO5/c1-6-7-12-29-24-15-19(2)25(20(3)16-24)30-14-9-13-28-22-10-8-11-23(17-22)31-18-21(4)26-27-5/h6-8,10-11,15-17H,9,12-14,18H2,1-5H3/b7-6+,26-21?. The van der Waals surface area contributed by atoms with Crippen LogP contribution in [0.1, 0.15) is 31.4 Å². The lowest BCUT2D eigenvalue weighted by Gasteiger charge is -2.15. The minimum Gasteiger partial charge on any atom is -0.493 e. The molecule has 0 saturated heterocycles. The topological polar surface area (TPSA) is 58.5 Å². The van der Waals surface area contributed by atoms with Crippen LogP contribution in [0, 0.1) is 13.8 Å². The molecule has 6 heteroatoms. The minimum atomic E-state index is 0.364. The smallest absolute Gasteiger partial charge is 0.129 e. The Bertz CT molecular complexity index is 853. The molecule has 0 aliphatic heterocycles.